The molecule has 0 aromatic heterocycles. The Labute approximate surface area is 81.3 Å². The first-order valence-electron chi connectivity index (χ1n) is 3.42. The van der Waals surface area contributed by atoms with Crippen molar-refractivity contribution < 1.29 is 15.1 Å². The van der Waals surface area contributed by atoms with Gasteiger partial charge in [0.25, 0.3) is 0 Å². The summed E-state index contributed by atoms with van der Waals surface area (Å²) in [4.78, 5) is 0. The summed E-state index contributed by atoms with van der Waals surface area (Å²) >= 11 is -0.346. The zero-order valence-corrected chi connectivity index (χ0v) is 10.2. The first-order valence-corrected chi connectivity index (χ1v) is 8.56. The molecule has 0 bridgehead atoms. The molecule has 4 heteroatoms. The maximum absolute atomic E-state index is 4.85. The molecule has 1 aliphatic rings. The number of halogens is 2. The first-order chi connectivity index (χ1) is 4.81. The number of hydrogen-bond acceptors (Lipinski definition) is 0. The van der Waals surface area contributed by atoms with E-state index < -0.39 is 0 Å². The van der Waals surface area contributed by atoms with Crippen LogP contribution in [-0.2, 0) is 15.1 Å². The summed E-state index contributed by atoms with van der Waals surface area (Å²) in [5.41, 5.74) is 0.953. The fourth-order valence-electron chi connectivity index (χ4n) is 1.13. The molecule has 0 spiro atoms. The van der Waals surface area contributed by atoms with E-state index >= 15 is 0 Å². The van der Waals surface area contributed by atoms with Gasteiger partial charge < -0.3 is 0 Å². The number of hydrogen-bond donors (Lipinski definition) is 0. The van der Waals surface area contributed by atoms with Gasteiger partial charge in [-0.15, -0.1) is 9.24 Å². The second-order valence-corrected chi connectivity index (χ2v) is 6.03. The molecule has 0 heterocycles. The molecule has 1 atom stereocenters. The molecule has 1 unspecified atom stereocenters. The van der Waals surface area contributed by atoms with Crippen LogP contribution in [0, 0.1) is 0 Å². The van der Waals surface area contributed by atoms with E-state index in [0.29, 0.717) is 0 Å². The average Bonchev–Trinajstić information content (AvgIpc) is 1.91. The van der Waals surface area contributed by atoms with Gasteiger partial charge in [0.05, 0.1) is 0 Å². The minimum absolute atomic E-state index is 0.346. The molecule has 64 valence electrons. The summed E-state index contributed by atoms with van der Waals surface area (Å²) in [6.07, 6.45) is 7.31. The predicted octanol–water partition coefficient (Wildman–Crippen LogP) is 3.57. The van der Waals surface area contributed by atoms with Gasteiger partial charge in [0, 0.05) is 0 Å². The average molecular weight is 288 g/mol. The maximum atomic E-state index is 4.85. The molecule has 0 radical (unpaired) electrons. The number of rotatable bonds is 0. The molecule has 10 heavy (non-hydrogen) atoms. The first kappa shape index (κ1) is 11.6. The van der Waals surface area contributed by atoms with Crippen molar-refractivity contribution in [3.63, 3.8) is 0 Å². The second kappa shape index (κ2) is 8.73. The van der Waals surface area contributed by atoms with Crippen molar-refractivity contribution in [2.45, 2.75) is 37.8 Å². The standard InChI is InChI=1S/C6H13P.2ClH.Ru/c7-6-4-2-1-3-5-6;;;/h6H,1-5,7H2;2*1H;/q;;;+2/p-2. The zero-order valence-electron chi connectivity index (χ0n) is 5.80. The van der Waals surface area contributed by atoms with Crippen LogP contribution in [0.5, 0.6) is 0 Å². The van der Waals surface area contributed by atoms with Gasteiger partial charge in [-0.25, -0.2) is 0 Å². The van der Waals surface area contributed by atoms with Crippen molar-refractivity contribution >= 4 is 28.6 Å². The van der Waals surface area contributed by atoms with Crippen LogP contribution in [0.15, 0.2) is 0 Å². The van der Waals surface area contributed by atoms with Crippen LogP contribution in [0.4, 0.5) is 0 Å². The van der Waals surface area contributed by atoms with Gasteiger partial charge in [-0.3, -0.25) is 0 Å². The monoisotopic (exact) mass is 288 g/mol. The minimum atomic E-state index is -0.346. The van der Waals surface area contributed by atoms with Gasteiger partial charge in [-0.2, -0.15) is 0 Å². The molecule has 1 rings (SSSR count). The van der Waals surface area contributed by atoms with Crippen LogP contribution in [-0.4, -0.2) is 5.66 Å². The molecular formula is C6H13Cl2PRu. The van der Waals surface area contributed by atoms with Crippen LogP contribution in [0.3, 0.4) is 0 Å². The normalized spacial score (nSPS) is 19.9. The third-order valence-corrected chi connectivity index (χ3v) is 2.32. The Morgan fingerprint density at radius 1 is 1.10 bits per heavy atom. The predicted molar refractivity (Wildman–Crippen MR) is 48.3 cm³/mol. The van der Waals surface area contributed by atoms with E-state index in [0.717, 1.165) is 5.66 Å². The molecule has 0 amide bonds. The van der Waals surface area contributed by atoms with E-state index in [9.17, 15) is 0 Å². The summed E-state index contributed by atoms with van der Waals surface area (Å²) in [6.45, 7) is 0. The Bertz CT molecular complexity index is 66.8. The summed E-state index contributed by atoms with van der Waals surface area (Å²) in [5, 5.41) is 0. The Morgan fingerprint density at radius 2 is 1.50 bits per heavy atom. The van der Waals surface area contributed by atoms with Crippen LogP contribution in [0.2, 0.25) is 0 Å². The Kier molecular flexibility index (Phi) is 10.2. The van der Waals surface area contributed by atoms with Gasteiger partial charge in [-0.1, -0.05) is 19.3 Å². The van der Waals surface area contributed by atoms with E-state index in [1.165, 1.54) is 32.1 Å². The fraction of sp³-hybridized carbons (Fsp3) is 1.00. The van der Waals surface area contributed by atoms with Crippen molar-refractivity contribution in [2.24, 2.45) is 0 Å². The molecule has 0 aromatic rings. The van der Waals surface area contributed by atoms with E-state index in [1.807, 2.05) is 0 Å². The van der Waals surface area contributed by atoms with E-state index in [2.05, 4.69) is 9.24 Å². The molecule has 0 aromatic carbocycles. The Morgan fingerprint density at radius 3 is 1.70 bits per heavy atom. The van der Waals surface area contributed by atoms with Crippen LogP contribution in [0.25, 0.3) is 0 Å². The van der Waals surface area contributed by atoms with Crippen LogP contribution < -0.4 is 0 Å². The zero-order chi connectivity index (χ0) is 7.82. The van der Waals surface area contributed by atoms with Gasteiger partial charge in [0.1, 0.15) is 0 Å². The molecule has 0 nitrogen and oxygen atoms in total. The fourth-order valence-corrected chi connectivity index (χ4v) is 1.61. The molecule has 0 saturated heterocycles. The van der Waals surface area contributed by atoms with Gasteiger partial charge >= 0.3 is 34.5 Å². The summed E-state index contributed by atoms with van der Waals surface area (Å²) in [5.74, 6) is 0. The van der Waals surface area contributed by atoms with Crippen LogP contribution >= 0.6 is 28.6 Å². The van der Waals surface area contributed by atoms with Crippen molar-refractivity contribution in [2.75, 3.05) is 0 Å². The van der Waals surface area contributed by atoms with E-state index in [1.54, 1.807) is 0 Å². The topological polar surface area (TPSA) is 0 Å². The molecular weight excluding hydrogens is 275 g/mol. The van der Waals surface area contributed by atoms with Crippen molar-refractivity contribution in [3.05, 3.63) is 0 Å². The Balaban J connectivity index is 0.000000236. The van der Waals surface area contributed by atoms with Crippen molar-refractivity contribution in [1.29, 1.82) is 0 Å². The van der Waals surface area contributed by atoms with Gasteiger partial charge in [0.2, 0.25) is 0 Å². The molecule has 1 fully saturated rings. The summed E-state index contributed by atoms with van der Waals surface area (Å²) in [6, 6.07) is 0. The second-order valence-electron chi connectivity index (χ2n) is 2.45. The molecule has 1 aliphatic carbocycles. The molecule has 0 N–H and O–H groups in total. The van der Waals surface area contributed by atoms with Crippen molar-refractivity contribution in [3.8, 4) is 0 Å². The Hall–Kier alpha value is 1.63. The summed E-state index contributed by atoms with van der Waals surface area (Å²) < 4.78 is 0. The van der Waals surface area contributed by atoms with Gasteiger partial charge in [-0.05, 0) is 18.5 Å². The summed E-state index contributed by atoms with van der Waals surface area (Å²) in [7, 11) is 12.6. The van der Waals surface area contributed by atoms with E-state index in [-0.39, 0.29) is 15.1 Å². The quantitative estimate of drug-likeness (QED) is 0.472. The van der Waals surface area contributed by atoms with Crippen molar-refractivity contribution in [1.82, 2.24) is 0 Å². The SMILES string of the molecule is PC1CCCCC1.[Cl][Ru][Cl]. The third-order valence-electron chi connectivity index (χ3n) is 1.65. The van der Waals surface area contributed by atoms with Gasteiger partial charge in [0.15, 0.2) is 0 Å². The third kappa shape index (κ3) is 7.74. The van der Waals surface area contributed by atoms with E-state index in [4.69, 9.17) is 19.4 Å². The molecule has 1 saturated carbocycles. The molecule has 0 aliphatic heterocycles. The van der Waals surface area contributed by atoms with Crippen LogP contribution in [0.1, 0.15) is 32.1 Å².